The summed E-state index contributed by atoms with van der Waals surface area (Å²) in [6.07, 6.45) is 15.7. The van der Waals surface area contributed by atoms with Crippen LogP contribution < -0.4 is 5.32 Å². The van der Waals surface area contributed by atoms with Gasteiger partial charge in [-0.15, -0.1) is 0 Å². The maximum absolute atomic E-state index is 3.43. The Morgan fingerprint density at radius 1 is 0.950 bits per heavy atom. The molecule has 1 aliphatic heterocycles. The van der Waals surface area contributed by atoms with Crippen molar-refractivity contribution in [2.45, 2.75) is 44.9 Å². The van der Waals surface area contributed by atoms with Crippen LogP contribution in [0.5, 0.6) is 0 Å². The summed E-state index contributed by atoms with van der Waals surface area (Å²) in [6, 6.07) is 0. The molecule has 2 nitrogen and oxygen atoms in total. The van der Waals surface area contributed by atoms with Crippen molar-refractivity contribution < 1.29 is 0 Å². The molecule has 0 aromatic heterocycles. The highest BCUT2D eigenvalue weighted by Crippen LogP contribution is 2.60. The Morgan fingerprint density at radius 2 is 1.55 bits per heavy atom. The fourth-order valence-electron chi connectivity index (χ4n) is 5.91. The van der Waals surface area contributed by atoms with Crippen molar-refractivity contribution >= 4 is 0 Å². The zero-order valence-corrected chi connectivity index (χ0v) is 12.8. The Labute approximate surface area is 124 Å². The molecule has 4 bridgehead atoms. The van der Waals surface area contributed by atoms with E-state index in [9.17, 15) is 0 Å². The molecular formula is C18H30N2. The lowest BCUT2D eigenvalue weighted by molar-refractivity contribution is -0.0238. The smallest absolute Gasteiger partial charge is 0.0107 e. The van der Waals surface area contributed by atoms with Crippen LogP contribution in [-0.4, -0.2) is 37.6 Å². The minimum atomic E-state index is 0.637. The van der Waals surface area contributed by atoms with Gasteiger partial charge >= 0.3 is 0 Å². The second-order valence-corrected chi connectivity index (χ2v) is 8.06. The summed E-state index contributed by atoms with van der Waals surface area (Å²) in [6.45, 7) is 6.11. The topological polar surface area (TPSA) is 15.3 Å². The van der Waals surface area contributed by atoms with E-state index in [2.05, 4.69) is 22.4 Å². The van der Waals surface area contributed by atoms with E-state index >= 15 is 0 Å². The first-order chi connectivity index (χ1) is 9.81. The first kappa shape index (κ1) is 13.3. The van der Waals surface area contributed by atoms with Gasteiger partial charge in [-0.3, -0.25) is 0 Å². The second kappa shape index (κ2) is 5.46. The molecule has 2 heteroatoms. The average Bonchev–Trinajstić information content (AvgIpc) is 2.43. The molecule has 1 heterocycles. The van der Waals surface area contributed by atoms with E-state index in [4.69, 9.17) is 0 Å². The van der Waals surface area contributed by atoms with Crippen LogP contribution in [0.25, 0.3) is 0 Å². The molecule has 20 heavy (non-hydrogen) atoms. The van der Waals surface area contributed by atoms with Crippen molar-refractivity contribution in [2.24, 2.45) is 23.2 Å². The average molecular weight is 274 g/mol. The van der Waals surface area contributed by atoms with Crippen molar-refractivity contribution in [1.29, 1.82) is 0 Å². The number of allylic oxidation sites excluding steroid dienone is 1. The van der Waals surface area contributed by atoms with Gasteiger partial charge in [0.2, 0.25) is 0 Å². The minimum absolute atomic E-state index is 0.637. The number of nitrogens with zero attached hydrogens (tertiary/aromatic N) is 1. The molecule has 0 spiro atoms. The van der Waals surface area contributed by atoms with Crippen LogP contribution in [-0.2, 0) is 0 Å². The van der Waals surface area contributed by atoms with Gasteiger partial charge in [0.05, 0.1) is 0 Å². The highest BCUT2D eigenvalue weighted by Gasteiger charge is 2.49. The normalized spacial score (nSPS) is 44.5. The fraction of sp³-hybridized carbons (Fsp3) is 0.889. The van der Waals surface area contributed by atoms with Crippen molar-refractivity contribution in [3.05, 3.63) is 12.2 Å². The predicted molar refractivity (Wildman–Crippen MR) is 83.7 cm³/mol. The summed E-state index contributed by atoms with van der Waals surface area (Å²) in [7, 11) is 0. The summed E-state index contributed by atoms with van der Waals surface area (Å²) in [5.41, 5.74) is 0.637. The number of rotatable bonds is 4. The third-order valence-electron chi connectivity index (χ3n) is 6.38. The van der Waals surface area contributed by atoms with E-state index in [-0.39, 0.29) is 0 Å². The maximum atomic E-state index is 3.43. The molecule has 4 saturated carbocycles. The summed E-state index contributed by atoms with van der Waals surface area (Å²) in [5.74, 6) is 3.25. The number of piperazine rings is 1. The Balaban J connectivity index is 1.31. The SMILES string of the molecule is C(=C\C12CC3CC(CC(C3)C1)C2)/CCN1CCNCC1. The maximum Gasteiger partial charge on any atom is 0.0107 e. The predicted octanol–water partition coefficient (Wildman–Crippen LogP) is 3.05. The lowest BCUT2D eigenvalue weighted by atomic mass is 9.49. The summed E-state index contributed by atoms with van der Waals surface area (Å²) in [5, 5.41) is 3.43. The number of hydrogen-bond acceptors (Lipinski definition) is 2. The molecule has 4 aliphatic carbocycles. The highest BCUT2D eigenvalue weighted by molar-refractivity contribution is 5.10. The van der Waals surface area contributed by atoms with Crippen LogP contribution in [0.1, 0.15) is 44.9 Å². The van der Waals surface area contributed by atoms with Crippen LogP contribution in [0.15, 0.2) is 12.2 Å². The van der Waals surface area contributed by atoms with Crippen LogP contribution in [0.4, 0.5) is 0 Å². The quantitative estimate of drug-likeness (QED) is 0.793. The van der Waals surface area contributed by atoms with E-state index in [0.29, 0.717) is 5.41 Å². The molecule has 0 aromatic carbocycles. The highest BCUT2D eigenvalue weighted by atomic mass is 15.2. The fourth-order valence-corrected chi connectivity index (χ4v) is 5.91. The second-order valence-electron chi connectivity index (χ2n) is 8.06. The summed E-state index contributed by atoms with van der Waals surface area (Å²) in [4.78, 5) is 2.61. The largest absolute Gasteiger partial charge is 0.314 e. The van der Waals surface area contributed by atoms with Gasteiger partial charge < -0.3 is 10.2 Å². The Morgan fingerprint density at radius 3 is 2.15 bits per heavy atom. The molecule has 5 rings (SSSR count). The molecule has 1 saturated heterocycles. The van der Waals surface area contributed by atoms with Crippen LogP contribution >= 0.6 is 0 Å². The van der Waals surface area contributed by atoms with Crippen LogP contribution in [0.3, 0.4) is 0 Å². The van der Waals surface area contributed by atoms with Crippen molar-refractivity contribution in [3.63, 3.8) is 0 Å². The van der Waals surface area contributed by atoms with Gasteiger partial charge in [0.25, 0.3) is 0 Å². The van der Waals surface area contributed by atoms with Crippen LogP contribution in [0.2, 0.25) is 0 Å². The molecule has 0 unspecified atom stereocenters. The molecule has 0 amide bonds. The lowest BCUT2D eigenvalue weighted by Crippen LogP contribution is -2.45. The van der Waals surface area contributed by atoms with Gasteiger partial charge in [-0.2, -0.15) is 0 Å². The Hall–Kier alpha value is -0.340. The van der Waals surface area contributed by atoms with Gasteiger partial charge in [0.15, 0.2) is 0 Å². The molecule has 0 radical (unpaired) electrons. The number of hydrogen-bond donors (Lipinski definition) is 1. The van der Waals surface area contributed by atoms with E-state index < -0.39 is 0 Å². The van der Waals surface area contributed by atoms with E-state index in [1.54, 1.807) is 19.3 Å². The van der Waals surface area contributed by atoms with Crippen molar-refractivity contribution in [1.82, 2.24) is 10.2 Å². The van der Waals surface area contributed by atoms with Crippen LogP contribution in [0, 0.1) is 23.2 Å². The summed E-state index contributed by atoms with van der Waals surface area (Å²) < 4.78 is 0. The first-order valence-corrected chi connectivity index (χ1v) is 8.92. The van der Waals surface area contributed by atoms with E-state index in [1.807, 2.05) is 0 Å². The first-order valence-electron chi connectivity index (χ1n) is 8.92. The number of nitrogens with one attached hydrogen (secondary N) is 1. The zero-order chi connectivity index (χ0) is 13.4. The Bertz CT molecular complexity index is 332. The third-order valence-corrected chi connectivity index (χ3v) is 6.38. The minimum Gasteiger partial charge on any atom is -0.314 e. The molecule has 1 N–H and O–H groups in total. The third kappa shape index (κ3) is 2.69. The van der Waals surface area contributed by atoms with Gasteiger partial charge in [-0.25, -0.2) is 0 Å². The monoisotopic (exact) mass is 274 g/mol. The molecule has 0 aromatic rings. The van der Waals surface area contributed by atoms with Crippen molar-refractivity contribution in [3.8, 4) is 0 Å². The Kier molecular flexibility index (Phi) is 3.64. The molecule has 112 valence electrons. The molecule has 5 fully saturated rings. The molecule has 0 atom stereocenters. The van der Waals surface area contributed by atoms with Gasteiger partial charge in [0, 0.05) is 32.7 Å². The standard InChI is InChI=1S/C18H30N2/c1(2-6-20-7-4-19-5-8-20)3-18-12-15-9-16(13-18)11-17(10-15)14-18/h1,3,15-17,19H,2,4-14H2/b3-1+. The lowest BCUT2D eigenvalue weighted by Gasteiger charge is -2.56. The van der Waals surface area contributed by atoms with Gasteiger partial charge in [-0.1, -0.05) is 12.2 Å². The zero-order valence-electron chi connectivity index (χ0n) is 12.8. The van der Waals surface area contributed by atoms with E-state index in [0.717, 1.165) is 17.8 Å². The summed E-state index contributed by atoms with van der Waals surface area (Å²) >= 11 is 0. The molecular weight excluding hydrogens is 244 g/mol. The van der Waals surface area contributed by atoms with E-state index in [1.165, 1.54) is 58.4 Å². The van der Waals surface area contributed by atoms with Gasteiger partial charge in [-0.05, 0) is 68.1 Å². The van der Waals surface area contributed by atoms with Crippen molar-refractivity contribution in [2.75, 3.05) is 32.7 Å². The molecule has 5 aliphatic rings. The van der Waals surface area contributed by atoms with Gasteiger partial charge in [0.1, 0.15) is 0 Å².